The molecule has 1 saturated carbocycles. The lowest BCUT2D eigenvalue weighted by Crippen LogP contribution is -2.67. The second-order valence-corrected chi connectivity index (χ2v) is 11.5. The van der Waals surface area contributed by atoms with Crippen molar-refractivity contribution in [2.45, 2.75) is 75.3 Å². The second kappa shape index (κ2) is 13.8. The van der Waals surface area contributed by atoms with Crippen LogP contribution in [0.2, 0.25) is 5.02 Å². The van der Waals surface area contributed by atoms with Gasteiger partial charge in [-0.25, -0.2) is 0 Å². The molecule has 0 bridgehead atoms. The molecule has 2 saturated heterocycles. The van der Waals surface area contributed by atoms with E-state index in [-0.39, 0.29) is 25.4 Å². The van der Waals surface area contributed by atoms with Crippen molar-refractivity contribution in [3.63, 3.8) is 0 Å². The molecule has 2 heterocycles. The van der Waals surface area contributed by atoms with E-state index in [1.807, 2.05) is 25.1 Å². The van der Waals surface area contributed by atoms with Gasteiger partial charge in [-0.1, -0.05) is 29.8 Å². The van der Waals surface area contributed by atoms with Crippen LogP contribution in [0.3, 0.4) is 0 Å². The molecular formula is C31H37ClN2O10. The Morgan fingerprint density at radius 1 is 1.05 bits per heavy atom. The van der Waals surface area contributed by atoms with Crippen LogP contribution in [0.15, 0.2) is 59.7 Å². The number of amides is 1. The number of fused-ring (bicyclic) bond motifs is 1. The minimum absolute atomic E-state index is 0.123. The van der Waals surface area contributed by atoms with Gasteiger partial charge in [0, 0.05) is 12.0 Å². The molecule has 7 N–H and O–H groups in total. The molecule has 1 aliphatic carbocycles. The number of aliphatic hydroxyl groups excluding tert-OH is 4. The zero-order valence-corrected chi connectivity index (χ0v) is 25.0. The molecule has 0 aromatic heterocycles. The van der Waals surface area contributed by atoms with Gasteiger partial charge in [-0.2, -0.15) is 0 Å². The van der Waals surface area contributed by atoms with Crippen molar-refractivity contribution >= 4 is 29.3 Å². The van der Waals surface area contributed by atoms with Crippen LogP contribution in [0.5, 0.6) is 11.5 Å². The summed E-state index contributed by atoms with van der Waals surface area (Å²) in [6.45, 7) is 3.53. The summed E-state index contributed by atoms with van der Waals surface area (Å²) >= 11 is 6.12. The number of rotatable bonds is 9. The van der Waals surface area contributed by atoms with Gasteiger partial charge in [0.25, 0.3) is 0 Å². The quantitative estimate of drug-likeness (QED) is 0.134. The predicted octanol–water partition coefficient (Wildman–Crippen LogP) is 1.53. The van der Waals surface area contributed by atoms with E-state index in [1.165, 1.54) is 0 Å². The van der Waals surface area contributed by atoms with Crippen molar-refractivity contribution in [3.05, 3.63) is 70.3 Å². The molecule has 238 valence electrons. The third kappa shape index (κ3) is 7.03. The minimum Gasteiger partial charge on any atom is -0.488 e. The summed E-state index contributed by atoms with van der Waals surface area (Å²) in [5, 5.41) is 45.1. The van der Waals surface area contributed by atoms with Crippen molar-refractivity contribution in [3.8, 4) is 11.5 Å². The molecule has 9 atom stereocenters. The number of aliphatic hydroxyl groups is 4. The van der Waals surface area contributed by atoms with Gasteiger partial charge in [-0.05, 0) is 61.4 Å². The number of hydrogen-bond acceptors (Lipinski definition) is 11. The van der Waals surface area contributed by atoms with Crippen molar-refractivity contribution in [1.82, 2.24) is 5.32 Å². The van der Waals surface area contributed by atoms with Crippen LogP contribution in [0.1, 0.15) is 25.8 Å². The van der Waals surface area contributed by atoms with Crippen LogP contribution in [-0.4, -0.2) is 94.8 Å². The fraction of sp³-hybridized carbons (Fsp3) is 0.452. The van der Waals surface area contributed by atoms with Crippen LogP contribution in [0.25, 0.3) is 6.08 Å². The lowest BCUT2D eigenvalue weighted by molar-refractivity contribution is -0.155. The van der Waals surface area contributed by atoms with Crippen LogP contribution < -0.4 is 20.5 Å². The molecule has 44 heavy (non-hydrogen) atoms. The number of carbonyl (C=O) groups is 1. The Labute approximate surface area is 259 Å². The number of nitrogens with one attached hydrogen (secondary N) is 1. The highest BCUT2D eigenvalue weighted by atomic mass is 35.5. The second-order valence-electron chi connectivity index (χ2n) is 11.1. The molecular weight excluding hydrogens is 596 g/mol. The minimum atomic E-state index is -1.45. The fourth-order valence-electron chi connectivity index (χ4n) is 5.50. The zero-order valence-electron chi connectivity index (χ0n) is 24.2. The average molecular weight is 633 g/mol. The molecule has 1 amide bonds. The molecule has 5 rings (SSSR count). The number of anilines is 1. The van der Waals surface area contributed by atoms with Crippen LogP contribution in [-0.2, 0) is 19.0 Å². The summed E-state index contributed by atoms with van der Waals surface area (Å²) in [7, 11) is 0. The maximum Gasteiger partial charge on any atom is 0.247 e. The molecule has 2 aromatic carbocycles. The third-order valence-corrected chi connectivity index (χ3v) is 8.26. The zero-order chi connectivity index (χ0) is 31.5. The number of hydrogen-bond donors (Lipinski definition) is 6. The predicted molar refractivity (Wildman–Crippen MR) is 160 cm³/mol. The number of nitrogen functional groups attached to an aromatic ring is 1. The first-order chi connectivity index (χ1) is 21.0. The van der Waals surface area contributed by atoms with Crippen LogP contribution >= 0.6 is 11.6 Å². The Hall–Kier alpha value is -3.20. The average Bonchev–Trinajstić information content (AvgIpc) is 3.63. The smallest absolute Gasteiger partial charge is 0.247 e. The highest BCUT2D eigenvalue weighted by molar-refractivity contribution is 6.32. The lowest BCUT2D eigenvalue weighted by Gasteiger charge is -2.41. The normalized spacial score (nSPS) is 32.3. The summed E-state index contributed by atoms with van der Waals surface area (Å²) in [5.41, 5.74) is 8.17. The van der Waals surface area contributed by atoms with Gasteiger partial charge in [-0.15, -0.1) is 0 Å². The molecule has 2 aliphatic heterocycles. The van der Waals surface area contributed by atoms with Gasteiger partial charge in [0.15, 0.2) is 0 Å². The molecule has 0 spiro atoms. The first-order valence-electron chi connectivity index (χ1n) is 14.2. The van der Waals surface area contributed by atoms with E-state index in [2.05, 4.69) is 5.32 Å². The molecule has 12 nitrogen and oxygen atoms in total. The van der Waals surface area contributed by atoms with Gasteiger partial charge >= 0.3 is 0 Å². The standard InChI is InChI=1S/C31H37ClN2O10/c1-15(9-10-40-21-6-4-3-5-18(21)32)28-20(35)13-23(44-28)43-22-8-7-17(12-19(22)33)11-16(2)31(39)34-24-25(36)27(38)30-29(26(24)37)41-14-42-30/h3-9,11-12,20,23-30,35-38H,10,13-14,33H2,1-2H3,(H,34,39)/t20-,23+,24+,25-,26+,27+,28+,29-,30+/m0/s1. The first kappa shape index (κ1) is 32.2. The Balaban J connectivity index is 1.16. The molecule has 3 aliphatic rings. The van der Waals surface area contributed by atoms with Crippen molar-refractivity contribution in [2.75, 3.05) is 19.1 Å². The van der Waals surface area contributed by atoms with E-state index in [1.54, 1.807) is 43.3 Å². The SMILES string of the molecule is CC(=Cc1ccc(O[C@H]2C[C@H](O)[C@@H](C(C)=CCOc3ccccc3Cl)O2)c(N)c1)C(=O)N[C@@H]1[C@H](O)[C@@H](O)[C@H]2OCO[C@H]2[C@@H]1O. The molecule has 2 aromatic rings. The van der Waals surface area contributed by atoms with Gasteiger partial charge in [0.05, 0.1) is 22.9 Å². The summed E-state index contributed by atoms with van der Waals surface area (Å²) < 4.78 is 28.1. The number of carbonyl (C=O) groups excluding carboxylic acids is 1. The monoisotopic (exact) mass is 632 g/mol. The maximum absolute atomic E-state index is 12.9. The van der Waals surface area contributed by atoms with Crippen molar-refractivity contribution < 1.29 is 48.9 Å². The van der Waals surface area contributed by atoms with Crippen molar-refractivity contribution in [1.29, 1.82) is 0 Å². The highest BCUT2D eigenvalue weighted by Crippen LogP contribution is 2.32. The lowest BCUT2D eigenvalue weighted by atomic mass is 9.83. The number of benzene rings is 2. The maximum atomic E-state index is 12.9. The van der Waals surface area contributed by atoms with Gasteiger partial charge in [0.1, 0.15) is 61.5 Å². The third-order valence-electron chi connectivity index (χ3n) is 7.95. The van der Waals surface area contributed by atoms with E-state index in [9.17, 15) is 25.2 Å². The van der Waals surface area contributed by atoms with Crippen LogP contribution in [0, 0.1) is 0 Å². The summed E-state index contributed by atoms with van der Waals surface area (Å²) in [4.78, 5) is 12.9. The fourth-order valence-corrected chi connectivity index (χ4v) is 5.69. The largest absolute Gasteiger partial charge is 0.488 e. The van der Waals surface area contributed by atoms with E-state index >= 15 is 0 Å². The Morgan fingerprint density at radius 3 is 2.50 bits per heavy atom. The van der Waals surface area contributed by atoms with Crippen LogP contribution in [0.4, 0.5) is 5.69 Å². The number of para-hydroxylation sites is 1. The molecule has 0 unspecified atom stereocenters. The van der Waals surface area contributed by atoms with Gasteiger partial charge in [-0.3, -0.25) is 4.79 Å². The summed E-state index contributed by atoms with van der Waals surface area (Å²) in [6.07, 6.45) is -4.29. The highest BCUT2D eigenvalue weighted by Gasteiger charge is 2.53. The van der Waals surface area contributed by atoms with Gasteiger partial charge < -0.3 is 55.2 Å². The molecule has 13 heteroatoms. The Morgan fingerprint density at radius 2 is 1.77 bits per heavy atom. The summed E-state index contributed by atoms with van der Waals surface area (Å²) in [6, 6.07) is 11.0. The first-order valence-corrected chi connectivity index (χ1v) is 14.6. The molecule has 0 radical (unpaired) electrons. The van der Waals surface area contributed by atoms with E-state index in [0.29, 0.717) is 27.8 Å². The van der Waals surface area contributed by atoms with E-state index in [0.717, 1.165) is 5.57 Å². The molecule has 3 fully saturated rings. The van der Waals surface area contributed by atoms with Gasteiger partial charge in [0.2, 0.25) is 12.2 Å². The topological polar surface area (TPSA) is 182 Å². The Bertz CT molecular complexity index is 1400. The Kier molecular flexibility index (Phi) is 10.1. The number of ether oxygens (including phenoxy) is 5. The van der Waals surface area contributed by atoms with Crippen molar-refractivity contribution in [2.24, 2.45) is 0 Å². The summed E-state index contributed by atoms with van der Waals surface area (Å²) in [5.74, 6) is 0.351. The number of nitrogens with two attached hydrogens (primary N) is 1. The van der Waals surface area contributed by atoms with E-state index in [4.69, 9.17) is 41.0 Å². The van der Waals surface area contributed by atoms with E-state index < -0.39 is 61.0 Å². The number of halogens is 1.